The molecule has 3 aromatic rings. The Labute approximate surface area is 105 Å². The van der Waals surface area contributed by atoms with Crippen molar-refractivity contribution in [2.45, 2.75) is 13.6 Å². The maximum absolute atomic E-state index is 4.66. The third-order valence-corrected chi connectivity index (χ3v) is 2.83. The van der Waals surface area contributed by atoms with Crippen molar-refractivity contribution in [3.05, 3.63) is 30.0 Å². The largest absolute Gasteiger partial charge is 0.291 e. The highest BCUT2D eigenvalue weighted by atomic mass is 15.4. The Kier molecular flexibility index (Phi) is 2.48. The average Bonchev–Trinajstić information content (AvgIpc) is 2.63. The Balaban J connectivity index is 2.30. The zero-order chi connectivity index (χ0) is 12.7. The van der Waals surface area contributed by atoms with Gasteiger partial charge in [0.1, 0.15) is 5.52 Å². The summed E-state index contributed by atoms with van der Waals surface area (Å²) in [5, 5.41) is 4.50. The number of benzene rings is 1. The molecule has 1 aromatic carbocycles. The predicted octanol–water partition coefficient (Wildman–Crippen LogP) is 1.81. The number of para-hydroxylation sites is 2. The smallest absolute Gasteiger partial charge is 0.178 e. The third kappa shape index (κ3) is 1.73. The van der Waals surface area contributed by atoms with E-state index in [4.69, 9.17) is 0 Å². The molecule has 0 spiro atoms. The molecule has 92 valence electrons. The number of hydrogen-bond donors (Lipinski definition) is 0. The van der Waals surface area contributed by atoms with E-state index in [9.17, 15) is 0 Å². The van der Waals surface area contributed by atoms with Crippen molar-refractivity contribution in [3.8, 4) is 0 Å². The Morgan fingerprint density at radius 2 is 1.78 bits per heavy atom. The van der Waals surface area contributed by atoms with Gasteiger partial charge in [0.05, 0.1) is 23.4 Å². The molecular formula is C13H15N5. The van der Waals surface area contributed by atoms with Gasteiger partial charge in [-0.3, -0.25) is 4.90 Å². The molecule has 2 aromatic heterocycles. The fourth-order valence-electron chi connectivity index (χ4n) is 2.06. The molecule has 0 aliphatic heterocycles. The van der Waals surface area contributed by atoms with Crippen molar-refractivity contribution in [2.24, 2.45) is 0 Å². The lowest BCUT2D eigenvalue weighted by atomic mass is 10.3. The Morgan fingerprint density at radius 3 is 2.44 bits per heavy atom. The van der Waals surface area contributed by atoms with Crippen LogP contribution in [0.5, 0.6) is 0 Å². The van der Waals surface area contributed by atoms with Gasteiger partial charge in [0.25, 0.3) is 0 Å². The summed E-state index contributed by atoms with van der Waals surface area (Å²) in [6.07, 6.45) is 0. The molecule has 5 nitrogen and oxygen atoms in total. The van der Waals surface area contributed by atoms with Crippen molar-refractivity contribution < 1.29 is 0 Å². The first-order chi connectivity index (χ1) is 8.65. The summed E-state index contributed by atoms with van der Waals surface area (Å²) in [6, 6.07) is 7.90. The molecule has 0 N–H and O–H groups in total. The number of aromatic nitrogens is 4. The van der Waals surface area contributed by atoms with Crippen molar-refractivity contribution >= 4 is 22.2 Å². The second-order valence-electron chi connectivity index (χ2n) is 4.69. The van der Waals surface area contributed by atoms with Crippen molar-refractivity contribution in [1.82, 2.24) is 24.6 Å². The van der Waals surface area contributed by atoms with Gasteiger partial charge in [0.15, 0.2) is 5.65 Å². The summed E-state index contributed by atoms with van der Waals surface area (Å²) in [5.74, 6) is 0. The molecule has 0 atom stereocenters. The lowest BCUT2D eigenvalue weighted by molar-refractivity contribution is 0.312. The number of aryl methyl sites for hydroxylation is 1. The van der Waals surface area contributed by atoms with E-state index in [0.717, 1.165) is 27.9 Å². The topological polar surface area (TPSA) is 46.8 Å². The molecular weight excluding hydrogens is 226 g/mol. The normalized spacial score (nSPS) is 11.8. The molecule has 0 fully saturated rings. The summed E-state index contributed by atoms with van der Waals surface area (Å²) in [4.78, 5) is 11.4. The Morgan fingerprint density at radius 1 is 1.11 bits per heavy atom. The summed E-state index contributed by atoms with van der Waals surface area (Å²) < 4.78 is 1.89. The van der Waals surface area contributed by atoms with Crippen LogP contribution in [0.3, 0.4) is 0 Å². The summed E-state index contributed by atoms with van der Waals surface area (Å²) in [7, 11) is 4.02. The molecule has 18 heavy (non-hydrogen) atoms. The molecule has 5 heteroatoms. The average molecular weight is 241 g/mol. The van der Waals surface area contributed by atoms with Crippen molar-refractivity contribution in [2.75, 3.05) is 14.1 Å². The molecule has 0 saturated carbocycles. The van der Waals surface area contributed by atoms with Gasteiger partial charge >= 0.3 is 0 Å². The molecule has 0 bridgehead atoms. The van der Waals surface area contributed by atoms with Crippen molar-refractivity contribution in [3.63, 3.8) is 0 Å². The van der Waals surface area contributed by atoms with E-state index in [2.05, 4.69) is 20.0 Å². The molecule has 0 amide bonds. The van der Waals surface area contributed by atoms with Crippen LogP contribution in [0.4, 0.5) is 0 Å². The standard InChI is InChI=1S/C13H15N5/c1-9-12-13(18(16-9)8-17(2)3)15-11-7-5-4-6-10(11)14-12/h4-7H,8H2,1-3H3. The quantitative estimate of drug-likeness (QED) is 0.686. The zero-order valence-corrected chi connectivity index (χ0v) is 10.8. The monoisotopic (exact) mass is 241 g/mol. The highest BCUT2D eigenvalue weighted by Gasteiger charge is 2.11. The van der Waals surface area contributed by atoms with Gasteiger partial charge in [-0.15, -0.1) is 0 Å². The lowest BCUT2D eigenvalue weighted by Crippen LogP contribution is -2.18. The zero-order valence-electron chi connectivity index (χ0n) is 10.8. The van der Waals surface area contributed by atoms with Crippen LogP contribution in [0.15, 0.2) is 24.3 Å². The van der Waals surface area contributed by atoms with Gasteiger partial charge in [-0.05, 0) is 33.2 Å². The van der Waals surface area contributed by atoms with Gasteiger partial charge < -0.3 is 0 Å². The minimum atomic E-state index is 0.706. The third-order valence-electron chi connectivity index (χ3n) is 2.83. The fourth-order valence-corrected chi connectivity index (χ4v) is 2.06. The number of hydrogen-bond acceptors (Lipinski definition) is 4. The highest BCUT2D eigenvalue weighted by Crippen LogP contribution is 2.18. The van der Waals surface area contributed by atoms with Gasteiger partial charge in [0.2, 0.25) is 0 Å². The first kappa shape index (κ1) is 11.1. The van der Waals surface area contributed by atoms with E-state index in [0.29, 0.717) is 6.67 Å². The number of nitrogens with zero attached hydrogens (tertiary/aromatic N) is 5. The van der Waals surface area contributed by atoms with E-state index in [1.807, 2.05) is 50.0 Å². The molecule has 3 rings (SSSR count). The first-order valence-corrected chi connectivity index (χ1v) is 5.90. The van der Waals surface area contributed by atoms with Crippen LogP contribution in [0.25, 0.3) is 22.2 Å². The van der Waals surface area contributed by atoms with Crippen LogP contribution in [0.2, 0.25) is 0 Å². The second kappa shape index (κ2) is 4.03. The summed E-state index contributed by atoms with van der Waals surface area (Å²) in [6.45, 7) is 2.68. The van der Waals surface area contributed by atoms with Gasteiger partial charge in [-0.1, -0.05) is 12.1 Å². The molecule has 0 aliphatic rings. The number of fused-ring (bicyclic) bond motifs is 2. The second-order valence-corrected chi connectivity index (χ2v) is 4.69. The maximum Gasteiger partial charge on any atom is 0.178 e. The van der Waals surface area contributed by atoms with E-state index in [-0.39, 0.29) is 0 Å². The van der Waals surface area contributed by atoms with E-state index in [1.54, 1.807) is 0 Å². The fraction of sp³-hybridized carbons (Fsp3) is 0.308. The van der Waals surface area contributed by atoms with Crippen LogP contribution >= 0.6 is 0 Å². The number of rotatable bonds is 2. The van der Waals surface area contributed by atoms with Crippen LogP contribution in [0, 0.1) is 6.92 Å². The van der Waals surface area contributed by atoms with Crippen LogP contribution in [0.1, 0.15) is 5.69 Å². The Bertz CT molecular complexity index is 714. The van der Waals surface area contributed by atoms with Crippen LogP contribution < -0.4 is 0 Å². The van der Waals surface area contributed by atoms with Crippen molar-refractivity contribution in [1.29, 1.82) is 0 Å². The van der Waals surface area contributed by atoms with Crippen LogP contribution in [-0.4, -0.2) is 38.7 Å². The highest BCUT2D eigenvalue weighted by molar-refractivity contribution is 5.85. The molecule has 0 unspecified atom stereocenters. The van der Waals surface area contributed by atoms with Gasteiger partial charge in [-0.2, -0.15) is 5.10 Å². The first-order valence-electron chi connectivity index (χ1n) is 5.90. The SMILES string of the molecule is Cc1nn(CN(C)C)c2nc3ccccc3nc12. The van der Waals surface area contributed by atoms with E-state index >= 15 is 0 Å². The molecule has 2 heterocycles. The molecule has 0 radical (unpaired) electrons. The minimum Gasteiger partial charge on any atom is -0.291 e. The van der Waals surface area contributed by atoms with Gasteiger partial charge in [-0.25, -0.2) is 14.6 Å². The van der Waals surface area contributed by atoms with Gasteiger partial charge in [0, 0.05) is 0 Å². The Hall–Kier alpha value is -2.01. The summed E-state index contributed by atoms with van der Waals surface area (Å²) in [5.41, 5.74) is 4.47. The molecule has 0 saturated heterocycles. The summed E-state index contributed by atoms with van der Waals surface area (Å²) >= 11 is 0. The maximum atomic E-state index is 4.66. The van der Waals surface area contributed by atoms with Crippen LogP contribution in [-0.2, 0) is 6.67 Å². The molecule has 0 aliphatic carbocycles. The predicted molar refractivity (Wildman–Crippen MR) is 71.3 cm³/mol. The van der Waals surface area contributed by atoms with E-state index < -0.39 is 0 Å². The lowest BCUT2D eigenvalue weighted by Gasteiger charge is -2.09. The minimum absolute atomic E-state index is 0.706. The van der Waals surface area contributed by atoms with E-state index in [1.165, 1.54) is 0 Å².